The molecule has 0 radical (unpaired) electrons. The third-order valence-electron chi connectivity index (χ3n) is 5.92. The molecule has 0 bridgehead atoms. The van der Waals surface area contributed by atoms with E-state index < -0.39 is 6.23 Å². The van der Waals surface area contributed by atoms with Crippen LogP contribution in [0.25, 0.3) is 10.8 Å². The molecular weight excluding hydrogens is 375 g/mol. The highest BCUT2D eigenvalue weighted by atomic mass is 19.1. The molecule has 4 heteroatoms. The van der Waals surface area contributed by atoms with E-state index >= 15 is 0 Å². The average Bonchev–Trinajstić information content (AvgIpc) is 3.24. The number of hydrogen-bond acceptors (Lipinski definition) is 3. The fraction of sp³-hybridized carbons (Fsp3) is 0.115. The van der Waals surface area contributed by atoms with Gasteiger partial charge in [0.25, 0.3) is 0 Å². The largest absolute Gasteiger partial charge is 0.464 e. The third-order valence-corrected chi connectivity index (χ3v) is 5.92. The van der Waals surface area contributed by atoms with Crippen molar-refractivity contribution >= 4 is 16.5 Å². The summed E-state index contributed by atoms with van der Waals surface area (Å²) in [6, 6.07) is 29.5. The Balaban J connectivity index is 1.45. The SMILES string of the molecule is Fc1cccc([C@H]2Oc3ccccc3[C@@H]3CC(c4ccc5ccccc5c4)=NN23)c1. The van der Waals surface area contributed by atoms with Crippen LogP contribution in [-0.2, 0) is 0 Å². The summed E-state index contributed by atoms with van der Waals surface area (Å²) < 4.78 is 20.2. The van der Waals surface area contributed by atoms with Gasteiger partial charge in [-0.1, -0.05) is 66.7 Å². The maximum Gasteiger partial charge on any atom is 0.213 e. The molecule has 0 aliphatic carbocycles. The molecule has 0 amide bonds. The van der Waals surface area contributed by atoms with Crippen molar-refractivity contribution in [2.45, 2.75) is 18.7 Å². The van der Waals surface area contributed by atoms with Gasteiger partial charge in [0.2, 0.25) is 6.23 Å². The lowest BCUT2D eigenvalue weighted by atomic mass is 9.95. The zero-order chi connectivity index (χ0) is 20.1. The standard InChI is InChI=1S/C26H19FN2O/c27-21-9-5-8-20(15-21)26-29-24(22-10-3-4-11-25(22)30-26)16-23(28-29)19-13-12-17-6-1-2-7-18(17)14-19/h1-15,24,26H,16H2/t24-,26+/m0/s1. The smallest absolute Gasteiger partial charge is 0.213 e. The molecule has 2 atom stereocenters. The minimum atomic E-state index is -0.460. The second-order valence-corrected chi connectivity index (χ2v) is 7.77. The molecule has 3 nitrogen and oxygen atoms in total. The van der Waals surface area contributed by atoms with E-state index in [1.165, 1.54) is 22.9 Å². The molecular formula is C26H19FN2O. The zero-order valence-electron chi connectivity index (χ0n) is 16.2. The Morgan fingerprint density at radius 2 is 1.67 bits per heavy atom. The first kappa shape index (κ1) is 17.2. The molecule has 4 aromatic carbocycles. The molecule has 0 aromatic heterocycles. The van der Waals surface area contributed by atoms with Crippen molar-refractivity contribution in [1.82, 2.24) is 5.01 Å². The summed E-state index contributed by atoms with van der Waals surface area (Å²) in [6.45, 7) is 0. The molecule has 4 aromatic rings. The van der Waals surface area contributed by atoms with E-state index in [1.54, 1.807) is 6.07 Å². The van der Waals surface area contributed by atoms with Crippen LogP contribution in [0.4, 0.5) is 4.39 Å². The van der Waals surface area contributed by atoms with E-state index in [2.05, 4.69) is 42.5 Å². The minimum Gasteiger partial charge on any atom is -0.464 e. The van der Waals surface area contributed by atoms with Crippen molar-refractivity contribution in [1.29, 1.82) is 0 Å². The molecule has 146 valence electrons. The van der Waals surface area contributed by atoms with E-state index in [-0.39, 0.29) is 11.9 Å². The van der Waals surface area contributed by atoms with Gasteiger partial charge >= 0.3 is 0 Å². The summed E-state index contributed by atoms with van der Waals surface area (Å²) in [6.07, 6.45) is 0.323. The van der Waals surface area contributed by atoms with E-state index in [1.807, 2.05) is 35.3 Å². The molecule has 0 saturated carbocycles. The lowest BCUT2D eigenvalue weighted by Crippen LogP contribution is -2.33. The quantitative estimate of drug-likeness (QED) is 0.403. The van der Waals surface area contributed by atoms with Crippen LogP contribution in [0.3, 0.4) is 0 Å². The monoisotopic (exact) mass is 394 g/mol. The summed E-state index contributed by atoms with van der Waals surface area (Å²) in [7, 11) is 0. The average molecular weight is 394 g/mol. The van der Waals surface area contributed by atoms with Gasteiger partial charge in [0.05, 0.1) is 11.8 Å². The molecule has 6 rings (SSSR count). The summed E-state index contributed by atoms with van der Waals surface area (Å²) in [5.74, 6) is 0.562. The Morgan fingerprint density at radius 3 is 2.57 bits per heavy atom. The topological polar surface area (TPSA) is 24.8 Å². The normalized spacial score (nSPS) is 19.8. The maximum absolute atomic E-state index is 13.9. The lowest BCUT2D eigenvalue weighted by molar-refractivity contribution is -0.0192. The van der Waals surface area contributed by atoms with Crippen LogP contribution < -0.4 is 4.74 Å². The van der Waals surface area contributed by atoms with Crippen LogP contribution in [0.1, 0.15) is 35.4 Å². The van der Waals surface area contributed by atoms with Crippen molar-refractivity contribution in [3.05, 3.63) is 114 Å². The van der Waals surface area contributed by atoms with Gasteiger partial charge in [-0.2, -0.15) is 5.10 Å². The first-order chi connectivity index (χ1) is 14.8. The van der Waals surface area contributed by atoms with Gasteiger partial charge in [0.15, 0.2) is 0 Å². The minimum absolute atomic E-state index is 0.0599. The van der Waals surface area contributed by atoms with Crippen LogP contribution in [0.15, 0.2) is 96.1 Å². The van der Waals surface area contributed by atoms with Crippen LogP contribution in [0, 0.1) is 5.82 Å². The number of nitrogens with zero attached hydrogens (tertiary/aromatic N) is 2. The van der Waals surface area contributed by atoms with Gasteiger partial charge in [-0.3, -0.25) is 0 Å². The van der Waals surface area contributed by atoms with Crippen molar-refractivity contribution in [2.24, 2.45) is 5.10 Å². The number of benzene rings is 4. The summed E-state index contributed by atoms with van der Waals surface area (Å²) in [5, 5.41) is 9.37. The van der Waals surface area contributed by atoms with Gasteiger partial charge in [-0.25, -0.2) is 9.40 Å². The van der Waals surface area contributed by atoms with E-state index in [4.69, 9.17) is 9.84 Å². The number of fused-ring (bicyclic) bond motifs is 4. The molecule has 0 unspecified atom stereocenters. The molecule has 0 N–H and O–H groups in total. The zero-order valence-corrected chi connectivity index (χ0v) is 16.2. The number of hydrazone groups is 1. The van der Waals surface area contributed by atoms with Crippen LogP contribution in [0.2, 0.25) is 0 Å². The third kappa shape index (κ3) is 2.76. The van der Waals surface area contributed by atoms with Crippen molar-refractivity contribution in [2.75, 3.05) is 0 Å². The first-order valence-corrected chi connectivity index (χ1v) is 10.1. The molecule has 0 saturated heterocycles. The summed E-state index contributed by atoms with van der Waals surface area (Å²) >= 11 is 0. The first-order valence-electron chi connectivity index (χ1n) is 10.1. The van der Waals surface area contributed by atoms with Gasteiger partial charge in [-0.05, 0) is 40.6 Å². The van der Waals surface area contributed by atoms with E-state index in [9.17, 15) is 4.39 Å². The van der Waals surface area contributed by atoms with Gasteiger partial charge in [0, 0.05) is 17.5 Å². The second-order valence-electron chi connectivity index (χ2n) is 7.77. The second kappa shape index (κ2) is 6.70. The molecule has 2 aliphatic heterocycles. The Bertz CT molecular complexity index is 1300. The van der Waals surface area contributed by atoms with Gasteiger partial charge in [0.1, 0.15) is 11.6 Å². The summed E-state index contributed by atoms with van der Waals surface area (Å²) in [4.78, 5) is 0. The number of para-hydroxylation sites is 1. The van der Waals surface area contributed by atoms with Crippen molar-refractivity contribution < 1.29 is 9.13 Å². The Morgan fingerprint density at radius 1 is 0.833 bits per heavy atom. The van der Waals surface area contributed by atoms with Crippen molar-refractivity contribution in [3.8, 4) is 5.75 Å². The fourth-order valence-corrected chi connectivity index (χ4v) is 4.46. The predicted octanol–water partition coefficient (Wildman–Crippen LogP) is 6.22. The molecule has 2 aliphatic rings. The molecule has 0 spiro atoms. The highest BCUT2D eigenvalue weighted by Gasteiger charge is 2.40. The number of hydrogen-bond donors (Lipinski definition) is 0. The highest BCUT2D eigenvalue weighted by Crippen LogP contribution is 2.47. The van der Waals surface area contributed by atoms with Crippen LogP contribution in [-0.4, -0.2) is 10.7 Å². The van der Waals surface area contributed by atoms with Crippen molar-refractivity contribution in [3.63, 3.8) is 0 Å². The number of halogens is 1. The van der Waals surface area contributed by atoms with Gasteiger partial charge < -0.3 is 4.74 Å². The fourth-order valence-electron chi connectivity index (χ4n) is 4.46. The molecule has 30 heavy (non-hydrogen) atoms. The Labute approximate surface area is 174 Å². The highest BCUT2D eigenvalue weighted by molar-refractivity contribution is 6.04. The predicted molar refractivity (Wildman–Crippen MR) is 116 cm³/mol. The number of ether oxygens (including phenoxy) is 1. The summed E-state index contributed by atoms with van der Waals surface area (Å²) in [5.41, 5.74) is 4.01. The van der Waals surface area contributed by atoms with E-state index in [0.29, 0.717) is 0 Å². The lowest BCUT2D eigenvalue weighted by Gasteiger charge is -2.38. The molecule has 2 heterocycles. The Kier molecular flexibility index (Phi) is 3.85. The van der Waals surface area contributed by atoms with Gasteiger partial charge in [-0.15, -0.1) is 0 Å². The Hall–Kier alpha value is -3.66. The number of rotatable bonds is 2. The molecule has 0 fully saturated rings. The van der Waals surface area contributed by atoms with E-state index in [0.717, 1.165) is 34.6 Å². The van der Waals surface area contributed by atoms with Crippen LogP contribution >= 0.6 is 0 Å². The van der Waals surface area contributed by atoms with Crippen LogP contribution in [0.5, 0.6) is 5.75 Å². The maximum atomic E-state index is 13.9.